The molecule has 0 bridgehead atoms. The van der Waals surface area contributed by atoms with E-state index < -0.39 is 0 Å². The van der Waals surface area contributed by atoms with E-state index in [-0.39, 0.29) is 11.3 Å². The Morgan fingerprint density at radius 1 is 0.971 bits per heavy atom. The highest BCUT2D eigenvalue weighted by Crippen LogP contribution is 2.43. The maximum atomic E-state index is 13.4. The van der Waals surface area contributed by atoms with Gasteiger partial charge in [0.1, 0.15) is 0 Å². The molecule has 0 unspecified atom stereocenters. The molecule has 2 atom stereocenters. The summed E-state index contributed by atoms with van der Waals surface area (Å²) in [6.07, 6.45) is 3.44. The maximum Gasteiger partial charge on any atom is 0.229 e. The Bertz CT molecular complexity index is 1030. The first-order valence-electron chi connectivity index (χ1n) is 13.1. The van der Waals surface area contributed by atoms with Crippen LogP contribution in [0.5, 0.6) is 0 Å². The molecule has 3 aliphatic heterocycles. The van der Waals surface area contributed by atoms with Crippen LogP contribution in [0, 0.1) is 11.3 Å². The van der Waals surface area contributed by atoms with Gasteiger partial charge in [-0.3, -0.25) is 9.59 Å². The van der Waals surface area contributed by atoms with Crippen molar-refractivity contribution in [3.63, 3.8) is 0 Å². The quantitative estimate of drug-likeness (QED) is 0.525. The molecule has 1 spiro atoms. The van der Waals surface area contributed by atoms with Gasteiger partial charge < -0.3 is 14.7 Å². The highest BCUT2D eigenvalue weighted by atomic mass is 79.9. The summed E-state index contributed by atoms with van der Waals surface area (Å²) in [4.78, 5) is 32.6. The molecule has 5 rings (SSSR count). The summed E-state index contributed by atoms with van der Waals surface area (Å²) in [5.41, 5.74) is 2.35. The number of likely N-dealkylation sites (tertiary alicyclic amines) is 3. The van der Waals surface area contributed by atoms with Crippen LogP contribution in [0.3, 0.4) is 0 Å². The van der Waals surface area contributed by atoms with E-state index in [1.807, 2.05) is 19.1 Å². The molecule has 186 valence electrons. The predicted molar refractivity (Wildman–Crippen MR) is 142 cm³/mol. The average Bonchev–Trinajstić information content (AvgIpc) is 3.44. The zero-order valence-electron chi connectivity index (χ0n) is 20.7. The van der Waals surface area contributed by atoms with E-state index in [1.54, 1.807) is 0 Å². The number of hydrogen-bond acceptors (Lipinski definition) is 3. The molecule has 2 aromatic carbocycles. The maximum absolute atomic E-state index is 13.4. The van der Waals surface area contributed by atoms with Crippen molar-refractivity contribution < 1.29 is 9.59 Å². The summed E-state index contributed by atoms with van der Waals surface area (Å²) < 4.78 is 1.07. The topological polar surface area (TPSA) is 43.9 Å². The lowest BCUT2D eigenvalue weighted by atomic mass is 9.76. The molecule has 3 heterocycles. The summed E-state index contributed by atoms with van der Waals surface area (Å²) in [5, 5.41) is 0. The summed E-state index contributed by atoms with van der Waals surface area (Å²) in [7, 11) is 0. The second-order valence-electron chi connectivity index (χ2n) is 10.6. The summed E-state index contributed by atoms with van der Waals surface area (Å²) in [5.74, 6) is 1.43. The predicted octanol–water partition coefficient (Wildman–Crippen LogP) is 4.92. The van der Waals surface area contributed by atoms with Gasteiger partial charge in [0, 0.05) is 49.5 Å². The van der Waals surface area contributed by atoms with Crippen LogP contribution in [-0.4, -0.2) is 65.8 Å². The van der Waals surface area contributed by atoms with Crippen LogP contribution in [0.15, 0.2) is 59.1 Å². The molecule has 3 saturated heterocycles. The van der Waals surface area contributed by atoms with E-state index in [9.17, 15) is 9.59 Å². The van der Waals surface area contributed by atoms with Crippen molar-refractivity contribution in [3.05, 3.63) is 70.2 Å². The van der Waals surface area contributed by atoms with Crippen LogP contribution in [0.4, 0.5) is 0 Å². The van der Waals surface area contributed by atoms with Crippen LogP contribution < -0.4 is 0 Å². The molecule has 0 aliphatic carbocycles. The Kier molecular flexibility index (Phi) is 7.31. The fourth-order valence-corrected chi connectivity index (χ4v) is 6.64. The molecule has 3 aliphatic rings. The minimum Gasteiger partial charge on any atom is -0.342 e. The van der Waals surface area contributed by atoms with Gasteiger partial charge in [0.2, 0.25) is 11.8 Å². The molecule has 0 radical (unpaired) electrons. The third-order valence-corrected chi connectivity index (χ3v) is 9.05. The van der Waals surface area contributed by atoms with Crippen LogP contribution in [0.25, 0.3) is 0 Å². The molecule has 0 aromatic heterocycles. The van der Waals surface area contributed by atoms with Gasteiger partial charge in [0.05, 0.1) is 5.41 Å². The molecule has 0 saturated carbocycles. The first kappa shape index (κ1) is 24.5. The highest BCUT2D eigenvalue weighted by molar-refractivity contribution is 9.10. The lowest BCUT2D eigenvalue weighted by Crippen LogP contribution is -2.46. The van der Waals surface area contributed by atoms with Gasteiger partial charge in [-0.05, 0) is 61.5 Å². The summed E-state index contributed by atoms with van der Waals surface area (Å²) in [6, 6.07) is 19.0. The average molecular weight is 539 g/mol. The Labute approximate surface area is 217 Å². The largest absolute Gasteiger partial charge is 0.342 e. The van der Waals surface area contributed by atoms with Gasteiger partial charge in [0.25, 0.3) is 0 Å². The molecule has 6 heteroatoms. The van der Waals surface area contributed by atoms with E-state index in [1.165, 1.54) is 11.1 Å². The molecule has 3 fully saturated rings. The smallest absolute Gasteiger partial charge is 0.229 e. The fourth-order valence-electron chi connectivity index (χ4n) is 6.37. The van der Waals surface area contributed by atoms with Crippen molar-refractivity contribution in [2.45, 2.75) is 45.1 Å². The summed E-state index contributed by atoms with van der Waals surface area (Å²) in [6.45, 7) is 8.13. The van der Waals surface area contributed by atoms with Crippen molar-refractivity contribution in [3.8, 4) is 0 Å². The van der Waals surface area contributed by atoms with E-state index >= 15 is 0 Å². The Hall–Kier alpha value is -2.18. The molecule has 5 nitrogen and oxygen atoms in total. The van der Waals surface area contributed by atoms with Gasteiger partial charge in [0.15, 0.2) is 0 Å². The highest BCUT2D eigenvalue weighted by Gasteiger charge is 2.48. The number of hydrogen-bond donors (Lipinski definition) is 0. The van der Waals surface area contributed by atoms with Crippen LogP contribution in [-0.2, 0) is 16.1 Å². The Morgan fingerprint density at radius 2 is 1.66 bits per heavy atom. The number of halogens is 1. The fraction of sp³-hybridized carbons (Fsp3) is 0.517. The van der Waals surface area contributed by atoms with E-state index in [0.29, 0.717) is 30.7 Å². The van der Waals surface area contributed by atoms with Crippen LogP contribution in [0.1, 0.15) is 49.7 Å². The number of nitrogens with zero attached hydrogens (tertiary/aromatic N) is 3. The molecule has 2 amide bonds. The van der Waals surface area contributed by atoms with E-state index in [2.05, 4.69) is 73.1 Å². The monoisotopic (exact) mass is 537 g/mol. The van der Waals surface area contributed by atoms with Crippen molar-refractivity contribution in [1.82, 2.24) is 14.7 Å². The molecular weight excluding hydrogens is 502 g/mol. The lowest BCUT2D eigenvalue weighted by molar-refractivity contribution is -0.139. The minimum absolute atomic E-state index is 0.176. The zero-order valence-corrected chi connectivity index (χ0v) is 22.3. The number of carbonyl (C=O) groups excluding carboxylic acids is 2. The van der Waals surface area contributed by atoms with Crippen molar-refractivity contribution in [2.75, 3.05) is 39.3 Å². The van der Waals surface area contributed by atoms with Gasteiger partial charge in [-0.2, -0.15) is 0 Å². The lowest BCUT2D eigenvalue weighted by Gasteiger charge is -2.39. The van der Waals surface area contributed by atoms with Crippen molar-refractivity contribution >= 4 is 27.7 Å². The second-order valence-corrected chi connectivity index (χ2v) is 11.5. The molecule has 0 N–H and O–H groups in total. The third kappa shape index (κ3) is 5.19. The number of rotatable bonds is 6. The SMILES string of the molecule is CCC(=O)N1C[C@H](CN2CCC3(CC2)CCN(Cc2ccc(Br)cc2)C3=O)[C@@H](c2ccccc2)C1. The summed E-state index contributed by atoms with van der Waals surface area (Å²) >= 11 is 3.49. The standard InChI is InChI=1S/C29H36BrN3O2/c1-2-27(34)33-20-24(26(21-33)23-6-4-3-5-7-23)19-31-15-12-29(13-16-31)14-17-32(28(29)35)18-22-8-10-25(30)11-9-22/h3-11,24,26H,2,12-21H2,1H3/t24-,26+/m0/s1. The Balaban J connectivity index is 1.20. The second kappa shape index (κ2) is 10.4. The molecule has 2 aromatic rings. The normalized spacial score (nSPS) is 24.5. The first-order valence-corrected chi connectivity index (χ1v) is 13.9. The van der Waals surface area contributed by atoms with Crippen molar-refractivity contribution in [1.29, 1.82) is 0 Å². The number of amides is 2. The third-order valence-electron chi connectivity index (χ3n) is 8.52. The Morgan fingerprint density at radius 3 is 2.34 bits per heavy atom. The number of benzene rings is 2. The zero-order chi connectivity index (χ0) is 24.4. The number of carbonyl (C=O) groups is 2. The van der Waals surface area contributed by atoms with Gasteiger partial charge in [-0.1, -0.05) is 65.3 Å². The van der Waals surface area contributed by atoms with Crippen LogP contribution >= 0.6 is 15.9 Å². The molecular formula is C29H36BrN3O2. The van der Waals surface area contributed by atoms with Gasteiger partial charge >= 0.3 is 0 Å². The van der Waals surface area contributed by atoms with Crippen molar-refractivity contribution in [2.24, 2.45) is 11.3 Å². The van der Waals surface area contributed by atoms with Gasteiger partial charge in [-0.25, -0.2) is 0 Å². The minimum atomic E-state index is -0.176. The van der Waals surface area contributed by atoms with Crippen LogP contribution in [0.2, 0.25) is 0 Å². The number of piperidine rings is 1. The first-order chi connectivity index (χ1) is 17.0. The van der Waals surface area contributed by atoms with E-state index in [4.69, 9.17) is 0 Å². The molecule has 35 heavy (non-hydrogen) atoms. The van der Waals surface area contributed by atoms with E-state index in [0.717, 1.165) is 63.0 Å². The van der Waals surface area contributed by atoms with Gasteiger partial charge in [-0.15, -0.1) is 0 Å².